The Morgan fingerprint density at radius 2 is 1.88 bits per heavy atom. The standard InChI is InChI=1S/C18H35N5O3/c1-8-20-15(21-12-18(5,6)14(24)19-7)23-10-9-13(11-23)22-16(25)26-17(2,3)4/h13H,8-12H2,1-7H3,(H,19,24)(H,20,21)(H,22,25). The van der Waals surface area contributed by atoms with Crippen LogP contribution in [0.2, 0.25) is 0 Å². The van der Waals surface area contributed by atoms with Crippen LogP contribution in [0.25, 0.3) is 0 Å². The van der Waals surface area contributed by atoms with Gasteiger partial charge in [-0.15, -0.1) is 0 Å². The topological polar surface area (TPSA) is 95.1 Å². The molecule has 1 unspecified atom stereocenters. The monoisotopic (exact) mass is 369 g/mol. The first-order valence-electron chi connectivity index (χ1n) is 9.23. The van der Waals surface area contributed by atoms with E-state index in [0.29, 0.717) is 13.1 Å². The van der Waals surface area contributed by atoms with E-state index in [9.17, 15) is 9.59 Å². The van der Waals surface area contributed by atoms with Gasteiger partial charge in [0.1, 0.15) is 5.60 Å². The van der Waals surface area contributed by atoms with Gasteiger partial charge >= 0.3 is 6.09 Å². The molecule has 0 aromatic heterocycles. The molecule has 0 aromatic carbocycles. The van der Waals surface area contributed by atoms with Crippen molar-refractivity contribution in [2.24, 2.45) is 10.4 Å². The molecule has 1 atom stereocenters. The Labute approximate surface area is 157 Å². The van der Waals surface area contributed by atoms with Crippen molar-refractivity contribution < 1.29 is 14.3 Å². The third-order valence-corrected chi connectivity index (χ3v) is 4.01. The number of carbonyl (C=O) groups is 2. The maximum atomic E-state index is 11.9. The predicted molar refractivity (Wildman–Crippen MR) is 103 cm³/mol. The summed E-state index contributed by atoms with van der Waals surface area (Å²) in [6.07, 6.45) is 0.426. The fourth-order valence-corrected chi connectivity index (χ4v) is 2.65. The molecule has 0 radical (unpaired) electrons. The summed E-state index contributed by atoms with van der Waals surface area (Å²) in [6.45, 7) is 13.8. The van der Waals surface area contributed by atoms with Gasteiger partial charge in [0.05, 0.1) is 18.0 Å². The Hall–Kier alpha value is -1.99. The van der Waals surface area contributed by atoms with E-state index in [4.69, 9.17) is 4.74 Å². The fraction of sp³-hybridized carbons (Fsp3) is 0.833. The highest BCUT2D eigenvalue weighted by atomic mass is 16.6. The molecule has 0 spiro atoms. The molecule has 1 aliphatic heterocycles. The molecule has 3 N–H and O–H groups in total. The van der Waals surface area contributed by atoms with Gasteiger partial charge in [-0.2, -0.15) is 0 Å². The van der Waals surface area contributed by atoms with Crippen LogP contribution in [-0.2, 0) is 9.53 Å². The van der Waals surface area contributed by atoms with E-state index in [-0.39, 0.29) is 11.9 Å². The van der Waals surface area contributed by atoms with Crippen LogP contribution >= 0.6 is 0 Å². The van der Waals surface area contributed by atoms with E-state index in [0.717, 1.165) is 25.5 Å². The van der Waals surface area contributed by atoms with Crippen LogP contribution < -0.4 is 16.0 Å². The number of rotatable bonds is 5. The molecule has 1 fully saturated rings. The Balaban J connectivity index is 2.67. The van der Waals surface area contributed by atoms with E-state index in [1.54, 1.807) is 7.05 Å². The van der Waals surface area contributed by atoms with Crippen molar-refractivity contribution in [2.75, 3.05) is 33.2 Å². The molecule has 1 heterocycles. The van der Waals surface area contributed by atoms with Gasteiger partial charge < -0.3 is 25.6 Å². The summed E-state index contributed by atoms with van der Waals surface area (Å²) in [4.78, 5) is 30.6. The summed E-state index contributed by atoms with van der Waals surface area (Å²) >= 11 is 0. The molecule has 150 valence electrons. The quantitative estimate of drug-likeness (QED) is 0.502. The SMILES string of the molecule is CCNC(=NCC(C)(C)C(=O)NC)N1CCC(NC(=O)OC(C)(C)C)C1. The van der Waals surface area contributed by atoms with Gasteiger partial charge in [-0.3, -0.25) is 9.79 Å². The van der Waals surface area contributed by atoms with Crippen LogP contribution in [0.1, 0.15) is 48.0 Å². The third-order valence-electron chi connectivity index (χ3n) is 4.01. The summed E-state index contributed by atoms with van der Waals surface area (Å²) in [5.41, 5.74) is -1.09. The predicted octanol–water partition coefficient (Wildman–Crippen LogP) is 1.32. The van der Waals surface area contributed by atoms with Crippen LogP contribution in [0.4, 0.5) is 4.79 Å². The number of likely N-dealkylation sites (tertiary alicyclic amines) is 1. The van der Waals surface area contributed by atoms with Gasteiger partial charge in [-0.25, -0.2) is 4.79 Å². The van der Waals surface area contributed by atoms with Gasteiger partial charge in [0.15, 0.2) is 5.96 Å². The van der Waals surface area contributed by atoms with Crippen molar-refractivity contribution in [3.63, 3.8) is 0 Å². The molecule has 1 saturated heterocycles. The molecular formula is C18H35N5O3. The second-order valence-electron chi connectivity index (χ2n) is 8.21. The minimum atomic E-state index is -0.580. The molecule has 0 bridgehead atoms. The van der Waals surface area contributed by atoms with Gasteiger partial charge in [0.2, 0.25) is 5.91 Å². The van der Waals surface area contributed by atoms with Crippen molar-refractivity contribution in [1.29, 1.82) is 0 Å². The van der Waals surface area contributed by atoms with E-state index in [1.807, 2.05) is 41.5 Å². The van der Waals surface area contributed by atoms with Gasteiger partial charge in [0.25, 0.3) is 0 Å². The lowest BCUT2D eigenvalue weighted by atomic mass is 9.93. The normalized spacial score (nSPS) is 18.5. The molecule has 0 aliphatic carbocycles. The average molecular weight is 370 g/mol. The number of guanidine groups is 1. The lowest BCUT2D eigenvalue weighted by Crippen LogP contribution is -2.45. The summed E-state index contributed by atoms with van der Waals surface area (Å²) < 4.78 is 5.31. The molecule has 0 aromatic rings. The van der Waals surface area contributed by atoms with Crippen molar-refractivity contribution in [2.45, 2.75) is 59.6 Å². The van der Waals surface area contributed by atoms with Crippen LogP contribution in [0.5, 0.6) is 0 Å². The molecule has 26 heavy (non-hydrogen) atoms. The van der Waals surface area contributed by atoms with Gasteiger partial charge in [-0.1, -0.05) is 0 Å². The molecular weight excluding hydrogens is 334 g/mol. The summed E-state index contributed by atoms with van der Waals surface area (Å²) in [6, 6.07) is 0.0145. The van der Waals surface area contributed by atoms with E-state index in [2.05, 4.69) is 25.8 Å². The number of nitrogens with zero attached hydrogens (tertiary/aromatic N) is 2. The largest absolute Gasteiger partial charge is 0.444 e. The first-order valence-corrected chi connectivity index (χ1v) is 9.23. The maximum Gasteiger partial charge on any atom is 0.407 e. The van der Waals surface area contributed by atoms with Crippen molar-refractivity contribution in [1.82, 2.24) is 20.9 Å². The number of carbonyl (C=O) groups excluding carboxylic acids is 2. The molecule has 2 amide bonds. The lowest BCUT2D eigenvalue weighted by molar-refractivity contribution is -0.128. The van der Waals surface area contributed by atoms with Crippen LogP contribution in [0.3, 0.4) is 0 Å². The van der Waals surface area contributed by atoms with Crippen LogP contribution in [0, 0.1) is 5.41 Å². The average Bonchev–Trinajstić information content (AvgIpc) is 2.96. The van der Waals surface area contributed by atoms with Crippen molar-refractivity contribution in [3.05, 3.63) is 0 Å². The number of hydrogen-bond donors (Lipinski definition) is 3. The number of alkyl carbamates (subject to hydrolysis) is 1. The second-order valence-corrected chi connectivity index (χ2v) is 8.21. The third kappa shape index (κ3) is 7.09. The first kappa shape index (κ1) is 22.1. The Bertz CT molecular complexity index is 525. The van der Waals surface area contributed by atoms with E-state index >= 15 is 0 Å². The van der Waals surface area contributed by atoms with Gasteiger partial charge in [-0.05, 0) is 48.0 Å². The summed E-state index contributed by atoms with van der Waals surface area (Å²) in [7, 11) is 1.63. The highest BCUT2D eigenvalue weighted by molar-refractivity contribution is 5.83. The highest BCUT2D eigenvalue weighted by Gasteiger charge is 2.30. The summed E-state index contributed by atoms with van der Waals surface area (Å²) in [5, 5.41) is 8.85. The van der Waals surface area contributed by atoms with Crippen molar-refractivity contribution in [3.8, 4) is 0 Å². The molecule has 8 heteroatoms. The number of hydrogen-bond acceptors (Lipinski definition) is 4. The number of aliphatic imine (C=N–C) groups is 1. The zero-order valence-electron chi connectivity index (χ0n) is 17.2. The van der Waals surface area contributed by atoms with Crippen LogP contribution in [0.15, 0.2) is 4.99 Å². The Morgan fingerprint density at radius 1 is 1.23 bits per heavy atom. The first-order chi connectivity index (χ1) is 12.0. The van der Waals surface area contributed by atoms with Gasteiger partial charge in [0, 0.05) is 26.7 Å². The summed E-state index contributed by atoms with van der Waals surface area (Å²) in [5.74, 6) is 0.723. The lowest BCUT2D eigenvalue weighted by Gasteiger charge is -2.25. The molecule has 1 aliphatic rings. The Kier molecular flexibility index (Phi) is 7.71. The maximum absolute atomic E-state index is 11.9. The zero-order valence-corrected chi connectivity index (χ0v) is 17.2. The molecule has 8 nitrogen and oxygen atoms in total. The second kappa shape index (κ2) is 9.09. The van der Waals surface area contributed by atoms with Crippen molar-refractivity contribution >= 4 is 18.0 Å². The molecule has 0 saturated carbocycles. The van der Waals surface area contributed by atoms with E-state index in [1.165, 1.54) is 0 Å². The number of ether oxygens (including phenoxy) is 1. The highest BCUT2D eigenvalue weighted by Crippen LogP contribution is 2.17. The zero-order chi connectivity index (χ0) is 20.0. The van der Waals surface area contributed by atoms with E-state index < -0.39 is 17.1 Å². The van der Waals surface area contributed by atoms with Crippen LogP contribution in [-0.4, -0.2) is 67.7 Å². The minimum absolute atomic E-state index is 0.0145. The smallest absolute Gasteiger partial charge is 0.407 e. The number of amides is 2. The minimum Gasteiger partial charge on any atom is -0.444 e. The molecule has 1 rings (SSSR count). The Morgan fingerprint density at radius 3 is 2.42 bits per heavy atom. The fourth-order valence-electron chi connectivity index (χ4n) is 2.65. The number of nitrogens with one attached hydrogen (secondary N) is 3.